The Balaban J connectivity index is 2.32. The summed E-state index contributed by atoms with van der Waals surface area (Å²) >= 11 is 5.96. The van der Waals surface area contributed by atoms with Gasteiger partial charge in [-0.05, 0) is 31.0 Å². The van der Waals surface area contributed by atoms with Gasteiger partial charge in [0.1, 0.15) is 4.90 Å². The number of nitrogens with two attached hydrogens (primary N) is 1. The maximum atomic E-state index is 12.4. The molecule has 1 aromatic rings. The average molecular weight is 300 g/mol. The quantitative estimate of drug-likeness (QED) is 0.892. The number of nitriles is 1. The van der Waals surface area contributed by atoms with Crippen molar-refractivity contribution in [1.29, 1.82) is 5.26 Å². The van der Waals surface area contributed by atoms with Gasteiger partial charge in [-0.15, -0.1) is 0 Å². The van der Waals surface area contributed by atoms with Crippen LogP contribution in [0.3, 0.4) is 0 Å². The van der Waals surface area contributed by atoms with E-state index < -0.39 is 10.0 Å². The fourth-order valence-corrected chi connectivity index (χ4v) is 4.02. The number of nitrogens with zero attached hydrogens (tertiary/aromatic N) is 2. The van der Waals surface area contributed by atoms with E-state index in [9.17, 15) is 8.42 Å². The first kappa shape index (κ1) is 14.3. The maximum absolute atomic E-state index is 12.4. The minimum absolute atomic E-state index is 0.0450. The predicted molar refractivity (Wildman–Crippen MR) is 72.1 cm³/mol. The van der Waals surface area contributed by atoms with E-state index in [0.717, 1.165) is 0 Å². The van der Waals surface area contributed by atoms with Gasteiger partial charge >= 0.3 is 0 Å². The zero-order chi connectivity index (χ0) is 14.0. The van der Waals surface area contributed by atoms with Crippen LogP contribution in [0.2, 0.25) is 5.02 Å². The molecule has 1 saturated heterocycles. The van der Waals surface area contributed by atoms with E-state index >= 15 is 0 Å². The van der Waals surface area contributed by atoms with E-state index in [1.165, 1.54) is 22.5 Å². The van der Waals surface area contributed by atoms with Crippen molar-refractivity contribution in [1.82, 2.24) is 4.31 Å². The van der Waals surface area contributed by atoms with E-state index in [1.807, 2.05) is 6.07 Å². The molecule has 0 spiro atoms. The Labute approximate surface area is 117 Å². The van der Waals surface area contributed by atoms with Crippen molar-refractivity contribution in [3.05, 3.63) is 28.8 Å². The molecule has 19 heavy (non-hydrogen) atoms. The molecule has 0 atom stereocenters. The number of halogens is 1. The Hall–Kier alpha value is -1.13. The fourth-order valence-electron chi connectivity index (χ4n) is 2.03. The summed E-state index contributed by atoms with van der Waals surface area (Å²) in [6.45, 7) is 0.805. The summed E-state index contributed by atoms with van der Waals surface area (Å²) in [5.74, 6) is 0. The molecular formula is C12H14ClN3O2S. The second kappa shape index (κ2) is 5.47. The summed E-state index contributed by atoms with van der Waals surface area (Å²) in [5.41, 5.74) is 6.10. The largest absolute Gasteiger partial charge is 0.328 e. The van der Waals surface area contributed by atoms with Gasteiger partial charge < -0.3 is 5.73 Å². The highest BCUT2D eigenvalue weighted by atomic mass is 35.5. The second-order valence-corrected chi connectivity index (χ2v) is 6.81. The van der Waals surface area contributed by atoms with Crippen molar-refractivity contribution in [3.8, 4) is 6.07 Å². The van der Waals surface area contributed by atoms with Gasteiger partial charge in [-0.25, -0.2) is 8.42 Å². The third kappa shape index (κ3) is 2.90. The van der Waals surface area contributed by atoms with Gasteiger partial charge in [0.05, 0.1) is 16.7 Å². The molecule has 0 bridgehead atoms. The van der Waals surface area contributed by atoms with Gasteiger partial charge in [0.25, 0.3) is 0 Å². The summed E-state index contributed by atoms with van der Waals surface area (Å²) < 4.78 is 26.3. The number of benzene rings is 1. The standard InChI is InChI=1S/C12H14ClN3O2S/c13-11-7-9(8-14)1-2-12(11)19(17,18)16-5-3-10(15)4-6-16/h1-2,7,10H,3-6,15H2. The van der Waals surface area contributed by atoms with Crippen molar-refractivity contribution in [2.24, 2.45) is 5.73 Å². The van der Waals surface area contributed by atoms with Crippen LogP contribution >= 0.6 is 11.6 Å². The van der Waals surface area contributed by atoms with Gasteiger partial charge in [0, 0.05) is 19.1 Å². The molecule has 1 aromatic carbocycles. The molecule has 102 valence electrons. The minimum atomic E-state index is -3.60. The van der Waals surface area contributed by atoms with Crippen molar-refractivity contribution in [2.45, 2.75) is 23.8 Å². The maximum Gasteiger partial charge on any atom is 0.244 e. The summed E-state index contributed by atoms with van der Waals surface area (Å²) in [4.78, 5) is 0.0450. The molecule has 2 N–H and O–H groups in total. The van der Waals surface area contributed by atoms with E-state index in [0.29, 0.717) is 31.5 Å². The Morgan fingerprint density at radius 3 is 2.53 bits per heavy atom. The van der Waals surface area contributed by atoms with E-state index in [-0.39, 0.29) is 16.0 Å². The van der Waals surface area contributed by atoms with E-state index in [2.05, 4.69) is 0 Å². The molecule has 7 heteroatoms. The summed E-state index contributed by atoms with van der Waals surface area (Å²) in [5, 5.41) is 8.83. The topological polar surface area (TPSA) is 87.2 Å². The predicted octanol–water partition coefficient (Wildman–Crippen LogP) is 1.32. The fraction of sp³-hybridized carbons (Fsp3) is 0.417. The second-order valence-electron chi connectivity index (χ2n) is 4.50. The monoisotopic (exact) mass is 299 g/mol. The number of piperidine rings is 1. The number of hydrogen-bond donors (Lipinski definition) is 1. The lowest BCUT2D eigenvalue weighted by Gasteiger charge is -2.29. The van der Waals surface area contributed by atoms with Crippen LogP contribution < -0.4 is 5.73 Å². The van der Waals surface area contributed by atoms with Gasteiger partial charge in [-0.3, -0.25) is 0 Å². The highest BCUT2D eigenvalue weighted by Crippen LogP contribution is 2.27. The Bertz CT molecular complexity index is 616. The smallest absolute Gasteiger partial charge is 0.244 e. The van der Waals surface area contributed by atoms with E-state index in [1.54, 1.807) is 0 Å². The number of hydrogen-bond acceptors (Lipinski definition) is 4. The zero-order valence-corrected chi connectivity index (χ0v) is 11.8. The SMILES string of the molecule is N#Cc1ccc(S(=O)(=O)N2CCC(N)CC2)c(Cl)c1. The van der Waals surface area contributed by atoms with Gasteiger partial charge in [-0.2, -0.15) is 9.57 Å². The molecule has 1 aliphatic rings. The van der Waals surface area contributed by atoms with Crippen LogP contribution in [0.4, 0.5) is 0 Å². The van der Waals surface area contributed by atoms with Crippen LogP contribution in [-0.4, -0.2) is 31.9 Å². The Kier molecular flexibility index (Phi) is 4.11. The molecule has 0 radical (unpaired) electrons. The molecule has 0 saturated carbocycles. The minimum Gasteiger partial charge on any atom is -0.328 e. The van der Waals surface area contributed by atoms with Crippen LogP contribution in [0, 0.1) is 11.3 Å². The third-order valence-corrected chi connectivity index (χ3v) is 5.56. The van der Waals surface area contributed by atoms with Gasteiger partial charge in [0.2, 0.25) is 10.0 Å². The van der Waals surface area contributed by atoms with Crippen molar-refractivity contribution >= 4 is 21.6 Å². The molecule has 2 rings (SSSR count). The number of rotatable bonds is 2. The lowest BCUT2D eigenvalue weighted by atomic mass is 10.1. The van der Waals surface area contributed by atoms with Gasteiger partial charge in [-0.1, -0.05) is 11.6 Å². The van der Waals surface area contributed by atoms with Crippen LogP contribution in [0.5, 0.6) is 0 Å². The molecule has 1 heterocycles. The molecule has 0 aliphatic carbocycles. The Morgan fingerprint density at radius 1 is 1.37 bits per heavy atom. The first-order chi connectivity index (χ1) is 8.95. The lowest BCUT2D eigenvalue weighted by molar-refractivity contribution is 0.320. The first-order valence-corrected chi connectivity index (χ1v) is 7.72. The molecule has 0 aromatic heterocycles. The summed E-state index contributed by atoms with van der Waals surface area (Å²) in [6.07, 6.45) is 1.29. The molecule has 0 unspecified atom stereocenters. The van der Waals surface area contributed by atoms with Crippen molar-refractivity contribution < 1.29 is 8.42 Å². The van der Waals surface area contributed by atoms with E-state index in [4.69, 9.17) is 22.6 Å². The summed E-state index contributed by atoms with van der Waals surface area (Å²) in [7, 11) is -3.60. The molecule has 0 amide bonds. The van der Waals surface area contributed by atoms with Crippen molar-refractivity contribution in [3.63, 3.8) is 0 Å². The first-order valence-electron chi connectivity index (χ1n) is 5.90. The normalized spacial score (nSPS) is 18.2. The highest BCUT2D eigenvalue weighted by Gasteiger charge is 2.29. The zero-order valence-electron chi connectivity index (χ0n) is 10.2. The average Bonchev–Trinajstić information content (AvgIpc) is 2.38. The van der Waals surface area contributed by atoms with Crippen molar-refractivity contribution in [2.75, 3.05) is 13.1 Å². The summed E-state index contributed by atoms with van der Waals surface area (Å²) in [6, 6.07) is 6.18. The molecule has 1 fully saturated rings. The molecular weight excluding hydrogens is 286 g/mol. The lowest BCUT2D eigenvalue weighted by Crippen LogP contribution is -2.42. The van der Waals surface area contributed by atoms with Crippen LogP contribution in [0.15, 0.2) is 23.1 Å². The molecule has 1 aliphatic heterocycles. The van der Waals surface area contributed by atoms with Crippen LogP contribution in [0.1, 0.15) is 18.4 Å². The highest BCUT2D eigenvalue weighted by molar-refractivity contribution is 7.89. The van der Waals surface area contributed by atoms with Gasteiger partial charge in [0.15, 0.2) is 0 Å². The van der Waals surface area contributed by atoms with Crippen LogP contribution in [0.25, 0.3) is 0 Å². The molecule has 5 nitrogen and oxygen atoms in total. The number of sulfonamides is 1. The Morgan fingerprint density at radius 2 is 2.00 bits per heavy atom. The third-order valence-electron chi connectivity index (χ3n) is 3.18. The van der Waals surface area contributed by atoms with Crippen LogP contribution in [-0.2, 0) is 10.0 Å².